The third-order valence-electron chi connectivity index (χ3n) is 3.93. The molecule has 0 atom stereocenters. The Kier molecular flexibility index (Phi) is 4.83. The molecule has 0 spiro atoms. The number of pyridine rings is 1. The first kappa shape index (κ1) is 17.6. The Morgan fingerprint density at radius 2 is 2.00 bits per heavy atom. The van der Waals surface area contributed by atoms with E-state index in [0.29, 0.717) is 25.9 Å². The van der Waals surface area contributed by atoms with Gasteiger partial charge >= 0.3 is 0 Å². The molecular weight excluding hydrogens is 385 g/mol. The predicted molar refractivity (Wildman–Crippen MR) is 106 cm³/mol. The van der Waals surface area contributed by atoms with Crippen molar-refractivity contribution in [3.8, 4) is 0 Å². The number of aromatic nitrogens is 2. The summed E-state index contributed by atoms with van der Waals surface area (Å²) in [6.45, 7) is 0.245. The number of benzene rings is 2. The standard InChI is InChI=1S/C20H13ClFN3OS/c21-14-5-3-4-13(10-14)19(26)25(12-16-6-1-2-9-23-16)20-24-17-8-7-15(22)11-18(17)27-20/h1-11H,12H2. The zero-order valence-electron chi connectivity index (χ0n) is 14.0. The highest BCUT2D eigenvalue weighted by Crippen LogP contribution is 2.31. The second-order valence-corrected chi connectivity index (χ2v) is 7.28. The highest BCUT2D eigenvalue weighted by atomic mass is 35.5. The summed E-state index contributed by atoms with van der Waals surface area (Å²) in [5.41, 5.74) is 1.81. The van der Waals surface area contributed by atoms with Crippen LogP contribution in [0.5, 0.6) is 0 Å². The average Bonchev–Trinajstić information content (AvgIpc) is 3.09. The molecule has 0 unspecified atom stereocenters. The van der Waals surface area contributed by atoms with Crippen LogP contribution in [0.3, 0.4) is 0 Å². The van der Waals surface area contributed by atoms with Crippen LogP contribution >= 0.6 is 22.9 Å². The van der Waals surface area contributed by atoms with E-state index in [4.69, 9.17) is 11.6 Å². The van der Waals surface area contributed by atoms with Crippen molar-refractivity contribution in [3.05, 3.63) is 89.0 Å². The van der Waals surface area contributed by atoms with Crippen LogP contribution < -0.4 is 4.90 Å². The molecule has 4 rings (SSSR count). The van der Waals surface area contributed by atoms with Gasteiger partial charge in [0.05, 0.1) is 22.5 Å². The maximum Gasteiger partial charge on any atom is 0.260 e. The summed E-state index contributed by atoms with van der Waals surface area (Å²) >= 11 is 7.30. The Bertz CT molecular complexity index is 1120. The second-order valence-electron chi connectivity index (χ2n) is 5.83. The van der Waals surface area contributed by atoms with Gasteiger partial charge in [-0.15, -0.1) is 0 Å². The van der Waals surface area contributed by atoms with Crippen LogP contribution in [0.25, 0.3) is 10.2 Å². The Hall–Kier alpha value is -2.83. The van der Waals surface area contributed by atoms with E-state index in [9.17, 15) is 9.18 Å². The number of hydrogen-bond donors (Lipinski definition) is 0. The van der Waals surface area contributed by atoms with Crippen molar-refractivity contribution in [3.63, 3.8) is 0 Å². The third-order valence-corrected chi connectivity index (χ3v) is 5.21. The number of fused-ring (bicyclic) bond motifs is 1. The summed E-state index contributed by atoms with van der Waals surface area (Å²) < 4.78 is 14.2. The number of hydrogen-bond acceptors (Lipinski definition) is 4. The van der Waals surface area contributed by atoms with Gasteiger partial charge in [0, 0.05) is 16.8 Å². The molecule has 0 saturated heterocycles. The molecular formula is C20H13ClFN3OS. The largest absolute Gasteiger partial charge is 0.278 e. The first-order valence-electron chi connectivity index (χ1n) is 8.13. The Balaban J connectivity index is 1.77. The van der Waals surface area contributed by atoms with Crippen molar-refractivity contribution < 1.29 is 9.18 Å². The number of carbonyl (C=O) groups is 1. The number of halogens is 2. The summed E-state index contributed by atoms with van der Waals surface area (Å²) in [6.07, 6.45) is 1.67. The lowest BCUT2D eigenvalue weighted by atomic mass is 10.2. The SMILES string of the molecule is O=C(c1cccc(Cl)c1)N(Cc1ccccn1)c1nc2ccc(F)cc2s1. The molecule has 0 radical (unpaired) electrons. The lowest BCUT2D eigenvalue weighted by Gasteiger charge is -2.19. The van der Waals surface area contributed by atoms with Crippen LogP contribution in [-0.2, 0) is 6.54 Å². The van der Waals surface area contributed by atoms with Crippen LogP contribution in [0.1, 0.15) is 16.1 Å². The van der Waals surface area contributed by atoms with Crippen molar-refractivity contribution in [1.82, 2.24) is 9.97 Å². The molecule has 1 amide bonds. The van der Waals surface area contributed by atoms with Gasteiger partial charge in [-0.1, -0.05) is 35.1 Å². The van der Waals surface area contributed by atoms with Crippen molar-refractivity contribution >= 4 is 44.2 Å². The van der Waals surface area contributed by atoms with Gasteiger partial charge in [-0.3, -0.25) is 14.7 Å². The number of thiazole rings is 1. The minimum atomic E-state index is -0.338. The van der Waals surface area contributed by atoms with Crippen molar-refractivity contribution in [2.75, 3.05) is 4.90 Å². The number of anilines is 1. The Morgan fingerprint density at radius 1 is 1.11 bits per heavy atom. The molecule has 0 N–H and O–H groups in total. The van der Waals surface area contributed by atoms with Crippen molar-refractivity contribution in [2.45, 2.75) is 6.54 Å². The van der Waals surface area contributed by atoms with Gasteiger partial charge in [0.2, 0.25) is 0 Å². The first-order valence-corrected chi connectivity index (χ1v) is 9.33. The lowest BCUT2D eigenvalue weighted by Crippen LogP contribution is -2.30. The first-order chi connectivity index (χ1) is 13.1. The molecule has 4 nitrogen and oxygen atoms in total. The quantitative estimate of drug-likeness (QED) is 0.467. The normalized spacial score (nSPS) is 10.9. The molecule has 134 valence electrons. The number of carbonyl (C=O) groups excluding carboxylic acids is 1. The molecule has 7 heteroatoms. The van der Waals surface area contributed by atoms with Gasteiger partial charge in [-0.2, -0.15) is 0 Å². The van der Waals surface area contributed by atoms with E-state index in [1.54, 1.807) is 36.5 Å². The Morgan fingerprint density at radius 3 is 2.78 bits per heavy atom. The van der Waals surface area contributed by atoms with Crippen LogP contribution in [0.15, 0.2) is 66.9 Å². The molecule has 2 heterocycles. The maximum absolute atomic E-state index is 13.5. The third kappa shape index (κ3) is 3.82. The van der Waals surface area contributed by atoms with Crippen molar-refractivity contribution in [1.29, 1.82) is 0 Å². The fourth-order valence-corrected chi connectivity index (χ4v) is 3.84. The average molecular weight is 398 g/mol. The summed E-state index contributed by atoms with van der Waals surface area (Å²) in [7, 11) is 0. The van der Waals surface area contributed by atoms with Crippen LogP contribution in [0.2, 0.25) is 5.02 Å². The number of rotatable bonds is 4. The van der Waals surface area contributed by atoms with Crippen LogP contribution in [-0.4, -0.2) is 15.9 Å². The second kappa shape index (κ2) is 7.42. The van der Waals surface area contributed by atoms with Crippen LogP contribution in [0, 0.1) is 5.82 Å². The predicted octanol–water partition coefficient (Wildman–Crippen LogP) is 5.33. The van der Waals surface area contributed by atoms with Crippen LogP contribution in [0.4, 0.5) is 9.52 Å². The van der Waals surface area contributed by atoms with E-state index < -0.39 is 0 Å². The van der Waals surface area contributed by atoms with Crippen molar-refractivity contribution in [2.24, 2.45) is 0 Å². The highest BCUT2D eigenvalue weighted by molar-refractivity contribution is 7.22. The van der Waals surface area contributed by atoms with E-state index in [2.05, 4.69) is 9.97 Å². The minimum Gasteiger partial charge on any atom is -0.278 e. The zero-order chi connectivity index (χ0) is 18.8. The Labute approximate surface area is 163 Å². The van der Waals surface area contributed by atoms with Gasteiger partial charge in [0.15, 0.2) is 5.13 Å². The highest BCUT2D eigenvalue weighted by Gasteiger charge is 2.22. The fourth-order valence-electron chi connectivity index (χ4n) is 2.66. The van der Waals surface area contributed by atoms with Gasteiger partial charge in [-0.05, 0) is 48.5 Å². The summed E-state index contributed by atoms with van der Waals surface area (Å²) in [4.78, 5) is 23.5. The van der Waals surface area contributed by atoms with E-state index >= 15 is 0 Å². The molecule has 0 aliphatic carbocycles. The minimum absolute atomic E-state index is 0.245. The van der Waals surface area contributed by atoms with E-state index in [0.717, 1.165) is 5.69 Å². The number of nitrogens with zero attached hydrogens (tertiary/aromatic N) is 3. The van der Waals surface area contributed by atoms with E-state index in [1.807, 2.05) is 18.2 Å². The smallest absolute Gasteiger partial charge is 0.260 e. The lowest BCUT2D eigenvalue weighted by molar-refractivity contribution is 0.0985. The molecule has 0 aliphatic heterocycles. The zero-order valence-corrected chi connectivity index (χ0v) is 15.5. The van der Waals surface area contributed by atoms with E-state index in [1.165, 1.54) is 28.4 Å². The fraction of sp³-hybridized carbons (Fsp3) is 0.0500. The van der Waals surface area contributed by atoms with Gasteiger partial charge in [0.25, 0.3) is 5.91 Å². The topological polar surface area (TPSA) is 46.1 Å². The molecule has 0 fully saturated rings. The van der Waals surface area contributed by atoms with Gasteiger partial charge in [-0.25, -0.2) is 9.37 Å². The molecule has 0 aliphatic rings. The summed E-state index contributed by atoms with van der Waals surface area (Å²) in [6, 6.07) is 16.6. The molecule has 0 bridgehead atoms. The molecule has 2 aromatic carbocycles. The molecule has 27 heavy (non-hydrogen) atoms. The van der Waals surface area contributed by atoms with E-state index in [-0.39, 0.29) is 18.3 Å². The number of amides is 1. The van der Waals surface area contributed by atoms with Gasteiger partial charge in [0.1, 0.15) is 5.82 Å². The summed E-state index contributed by atoms with van der Waals surface area (Å²) in [5.74, 6) is -0.585. The molecule has 2 aromatic heterocycles. The summed E-state index contributed by atoms with van der Waals surface area (Å²) in [5, 5.41) is 0.955. The molecule has 4 aromatic rings. The van der Waals surface area contributed by atoms with Gasteiger partial charge < -0.3 is 0 Å². The maximum atomic E-state index is 13.5. The molecule has 0 saturated carbocycles. The monoisotopic (exact) mass is 397 g/mol.